The molecule has 6 nitrogen and oxygen atoms in total. The van der Waals surface area contributed by atoms with Gasteiger partial charge >= 0.3 is 0 Å². The van der Waals surface area contributed by atoms with Crippen molar-refractivity contribution in [3.8, 4) is 11.5 Å². The number of benzene rings is 2. The van der Waals surface area contributed by atoms with Gasteiger partial charge in [0.25, 0.3) is 0 Å². The summed E-state index contributed by atoms with van der Waals surface area (Å²) in [5, 5.41) is 14.3. The van der Waals surface area contributed by atoms with Crippen molar-refractivity contribution in [2.75, 3.05) is 7.11 Å². The Hall–Kier alpha value is -2.89. The maximum absolute atomic E-state index is 6.98. The summed E-state index contributed by atoms with van der Waals surface area (Å²) >= 11 is 0. The molecule has 6 heteroatoms. The molecule has 114 valence electrons. The number of methoxy groups -OCH3 is 1. The van der Waals surface area contributed by atoms with Crippen LogP contribution in [-0.4, -0.2) is 13.1 Å². The molecule has 0 amide bonds. The largest absolute Gasteiger partial charge is 0.493 e. The highest BCUT2D eigenvalue weighted by Crippen LogP contribution is 2.29. The van der Waals surface area contributed by atoms with E-state index in [1.807, 2.05) is 48.5 Å². The zero-order valence-electron chi connectivity index (χ0n) is 12.3. The summed E-state index contributed by atoms with van der Waals surface area (Å²) in [5.74, 6) is 0.986. The summed E-state index contributed by atoms with van der Waals surface area (Å²) in [5.41, 5.74) is 7.09. The molecular formula is C16H18N4O2. The van der Waals surface area contributed by atoms with Gasteiger partial charge in [0.05, 0.1) is 13.7 Å². The molecule has 0 spiro atoms. The van der Waals surface area contributed by atoms with Crippen molar-refractivity contribution in [1.29, 1.82) is 5.41 Å². The molecule has 3 N–H and O–H groups in total. The smallest absolute Gasteiger partial charge is 0.232 e. The Kier molecular flexibility index (Phi) is 5.48. The van der Waals surface area contributed by atoms with Crippen molar-refractivity contribution >= 4 is 5.96 Å². The van der Waals surface area contributed by atoms with Crippen LogP contribution in [-0.2, 0) is 13.2 Å². The molecule has 0 fully saturated rings. The van der Waals surface area contributed by atoms with Gasteiger partial charge in [0.1, 0.15) is 6.61 Å². The molecule has 0 unspecified atom stereocenters. The summed E-state index contributed by atoms with van der Waals surface area (Å²) in [6.45, 7) is 0.801. The second-order valence-electron chi connectivity index (χ2n) is 4.54. The number of ether oxygens (including phenoxy) is 2. The molecule has 2 aromatic carbocycles. The molecule has 0 heterocycles. The average molecular weight is 298 g/mol. The quantitative estimate of drug-likeness (QED) is 0.487. The molecule has 0 aliphatic carbocycles. The average Bonchev–Trinajstić information content (AvgIpc) is 2.54. The number of nitrogens with zero attached hydrogens (tertiary/aromatic N) is 2. The maximum atomic E-state index is 6.98. The molecule has 0 aromatic heterocycles. The van der Waals surface area contributed by atoms with Crippen LogP contribution in [0.3, 0.4) is 0 Å². The first-order valence-corrected chi connectivity index (χ1v) is 6.74. The van der Waals surface area contributed by atoms with Gasteiger partial charge in [-0.25, -0.2) is 0 Å². The van der Waals surface area contributed by atoms with Crippen LogP contribution in [0.1, 0.15) is 11.1 Å². The molecular weight excluding hydrogens is 280 g/mol. The van der Waals surface area contributed by atoms with Gasteiger partial charge in [0.2, 0.25) is 5.96 Å². The predicted octanol–water partition coefficient (Wildman–Crippen LogP) is 3.12. The molecule has 0 atom stereocenters. The van der Waals surface area contributed by atoms with Crippen LogP contribution in [0.4, 0.5) is 0 Å². The number of rotatable bonds is 6. The van der Waals surface area contributed by atoms with E-state index >= 15 is 0 Å². The van der Waals surface area contributed by atoms with E-state index in [0.717, 1.165) is 11.1 Å². The van der Waals surface area contributed by atoms with Crippen molar-refractivity contribution in [1.82, 2.24) is 0 Å². The minimum Gasteiger partial charge on any atom is -0.493 e. The number of hydrogen-bond acceptors (Lipinski definition) is 4. The Morgan fingerprint density at radius 2 is 1.86 bits per heavy atom. The first-order valence-electron chi connectivity index (χ1n) is 6.74. The standard InChI is InChI=1S/C16H18N4O2/c1-21-15-9-13(10-19-20-16(17)18)7-8-14(15)22-11-12-5-3-2-4-6-12/h2-9H,10-11H2,1H3,(H3,17,18). The molecule has 0 aliphatic heterocycles. The predicted molar refractivity (Wildman–Crippen MR) is 84.2 cm³/mol. The van der Waals surface area contributed by atoms with Crippen LogP contribution in [0.5, 0.6) is 11.5 Å². The molecule has 0 saturated carbocycles. The molecule has 22 heavy (non-hydrogen) atoms. The Labute approximate surface area is 129 Å². The zero-order valence-corrected chi connectivity index (χ0v) is 12.3. The lowest BCUT2D eigenvalue weighted by Gasteiger charge is -2.11. The van der Waals surface area contributed by atoms with Crippen LogP contribution in [0, 0.1) is 5.41 Å². The summed E-state index contributed by atoms with van der Waals surface area (Å²) in [6.07, 6.45) is 0. The summed E-state index contributed by atoms with van der Waals surface area (Å²) < 4.78 is 11.1. The van der Waals surface area contributed by atoms with Gasteiger partial charge in [-0.15, -0.1) is 5.11 Å². The molecule has 2 aromatic rings. The summed E-state index contributed by atoms with van der Waals surface area (Å²) in [4.78, 5) is 0. The van der Waals surface area contributed by atoms with E-state index < -0.39 is 0 Å². The van der Waals surface area contributed by atoms with Gasteiger partial charge in [-0.05, 0) is 23.3 Å². The number of nitrogens with one attached hydrogen (secondary N) is 1. The normalized spacial score (nSPS) is 10.6. The molecule has 2 rings (SSSR count). The van der Waals surface area contributed by atoms with Crippen molar-refractivity contribution in [2.45, 2.75) is 13.2 Å². The lowest BCUT2D eigenvalue weighted by Crippen LogP contribution is -2.04. The van der Waals surface area contributed by atoms with Crippen LogP contribution in [0.15, 0.2) is 58.8 Å². The number of guanidine groups is 1. The van der Waals surface area contributed by atoms with Gasteiger partial charge in [-0.3, -0.25) is 5.41 Å². The fourth-order valence-electron chi connectivity index (χ4n) is 1.86. The topological polar surface area (TPSA) is 93.1 Å². The van der Waals surface area contributed by atoms with Gasteiger partial charge in [0.15, 0.2) is 11.5 Å². The highest BCUT2D eigenvalue weighted by atomic mass is 16.5. The zero-order chi connectivity index (χ0) is 15.8. The summed E-state index contributed by atoms with van der Waals surface area (Å²) in [7, 11) is 1.59. The second-order valence-corrected chi connectivity index (χ2v) is 4.54. The van der Waals surface area contributed by atoms with Gasteiger partial charge < -0.3 is 15.2 Å². The van der Waals surface area contributed by atoms with E-state index in [1.54, 1.807) is 7.11 Å². The van der Waals surface area contributed by atoms with E-state index in [2.05, 4.69) is 10.2 Å². The minimum absolute atomic E-state index is 0.310. The number of hydrogen-bond donors (Lipinski definition) is 2. The van der Waals surface area contributed by atoms with E-state index in [1.165, 1.54) is 0 Å². The van der Waals surface area contributed by atoms with Crippen molar-refractivity contribution in [3.63, 3.8) is 0 Å². The molecule has 0 bridgehead atoms. The SMILES string of the molecule is COc1cc(CN=NC(=N)N)ccc1OCc1ccccc1. The lowest BCUT2D eigenvalue weighted by atomic mass is 10.2. The Balaban J connectivity index is 2.04. The third kappa shape index (κ3) is 4.59. The van der Waals surface area contributed by atoms with Crippen molar-refractivity contribution in [2.24, 2.45) is 16.0 Å². The number of azo groups is 1. The maximum Gasteiger partial charge on any atom is 0.232 e. The van der Waals surface area contributed by atoms with Crippen LogP contribution in [0.2, 0.25) is 0 Å². The third-order valence-corrected chi connectivity index (χ3v) is 2.90. The van der Waals surface area contributed by atoms with E-state index in [0.29, 0.717) is 24.7 Å². The van der Waals surface area contributed by atoms with Gasteiger partial charge in [-0.2, -0.15) is 5.11 Å². The number of nitrogens with two attached hydrogens (primary N) is 1. The van der Waals surface area contributed by atoms with Crippen molar-refractivity contribution < 1.29 is 9.47 Å². The monoisotopic (exact) mass is 298 g/mol. The molecule has 0 radical (unpaired) electrons. The first kappa shape index (κ1) is 15.5. The Bertz CT molecular complexity index is 656. The molecule has 0 aliphatic rings. The highest BCUT2D eigenvalue weighted by molar-refractivity contribution is 5.74. The van der Waals surface area contributed by atoms with Crippen LogP contribution < -0.4 is 15.2 Å². The van der Waals surface area contributed by atoms with Crippen molar-refractivity contribution in [3.05, 3.63) is 59.7 Å². The van der Waals surface area contributed by atoms with Gasteiger partial charge in [-0.1, -0.05) is 36.4 Å². The Morgan fingerprint density at radius 1 is 1.09 bits per heavy atom. The first-order chi connectivity index (χ1) is 10.7. The Morgan fingerprint density at radius 3 is 2.55 bits per heavy atom. The van der Waals surface area contributed by atoms with E-state index in [4.69, 9.17) is 20.6 Å². The summed E-state index contributed by atoms with van der Waals surface area (Å²) in [6, 6.07) is 15.5. The fraction of sp³-hybridized carbons (Fsp3) is 0.188. The van der Waals surface area contributed by atoms with Crippen LogP contribution >= 0.6 is 0 Å². The van der Waals surface area contributed by atoms with E-state index in [9.17, 15) is 0 Å². The van der Waals surface area contributed by atoms with E-state index in [-0.39, 0.29) is 5.96 Å². The fourth-order valence-corrected chi connectivity index (χ4v) is 1.86. The van der Waals surface area contributed by atoms with Gasteiger partial charge in [0, 0.05) is 0 Å². The van der Waals surface area contributed by atoms with Crippen LogP contribution in [0.25, 0.3) is 0 Å². The molecule has 0 saturated heterocycles. The minimum atomic E-state index is -0.310. The highest BCUT2D eigenvalue weighted by Gasteiger charge is 2.06. The third-order valence-electron chi connectivity index (χ3n) is 2.90. The second kappa shape index (κ2) is 7.78. The lowest BCUT2D eigenvalue weighted by molar-refractivity contribution is 0.284.